The van der Waals surface area contributed by atoms with Crippen molar-refractivity contribution >= 4 is 31.5 Å². The normalized spacial score (nSPS) is 12.6. The van der Waals surface area contributed by atoms with Crippen LogP contribution in [-0.4, -0.2) is 15.0 Å². The molecule has 0 amide bonds. The van der Waals surface area contributed by atoms with Crippen LogP contribution in [0.5, 0.6) is 0 Å². The van der Waals surface area contributed by atoms with Crippen LogP contribution in [0.4, 0.5) is 0 Å². The molecule has 0 radical (unpaired) electrons. The van der Waals surface area contributed by atoms with Gasteiger partial charge in [-0.15, -0.1) is 11.3 Å². The number of benzene rings is 9. The van der Waals surface area contributed by atoms with E-state index in [1.54, 1.807) is 0 Å². The highest BCUT2D eigenvalue weighted by Gasteiger charge is 2.46. The number of thiophene rings is 1. The van der Waals surface area contributed by atoms with E-state index < -0.39 is 5.41 Å². The molecule has 0 N–H and O–H groups in total. The second kappa shape index (κ2) is 14.7. The number of fused-ring (bicyclic) bond motifs is 6. The second-order valence-electron chi connectivity index (χ2n) is 15.9. The molecule has 0 spiro atoms. The summed E-state index contributed by atoms with van der Waals surface area (Å²) in [6, 6.07) is 80.4. The Morgan fingerprint density at radius 2 is 0.790 bits per heavy atom. The minimum absolute atomic E-state index is 0.534. The van der Waals surface area contributed by atoms with Crippen molar-refractivity contribution in [2.75, 3.05) is 0 Å². The van der Waals surface area contributed by atoms with Gasteiger partial charge in [0.1, 0.15) is 0 Å². The largest absolute Gasteiger partial charge is 0.208 e. The van der Waals surface area contributed by atoms with E-state index in [9.17, 15) is 0 Å². The Balaban J connectivity index is 1.00. The maximum absolute atomic E-state index is 5.30. The summed E-state index contributed by atoms with van der Waals surface area (Å²) in [7, 11) is 0. The molecule has 0 atom stereocenters. The van der Waals surface area contributed by atoms with Gasteiger partial charge in [-0.05, 0) is 79.9 Å². The Morgan fingerprint density at radius 1 is 0.306 bits per heavy atom. The van der Waals surface area contributed by atoms with Crippen molar-refractivity contribution in [3.05, 3.63) is 247 Å². The highest BCUT2D eigenvalue weighted by atomic mass is 32.1. The van der Waals surface area contributed by atoms with E-state index in [0.29, 0.717) is 17.5 Å². The van der Waals surface area contributed by atoms with Gasteiger partial charge in [-0.1, -0.05) is 200 Å². The van der Waals surface area contributed by atoms with Crippen molar-refractivity contribution in [3.8, 4) is 67.5 Å². The summed E-state index contributed by atoms with van der Waals surface area (Å²) in [6.45, 7) is 0. The molecule has 0 bridgehead atoms. The molecule has 62 heavy (non-hydrogen) atoms. The van der Waals surface area contributed by atoms with Crippen molar-refractivity contribution in [2.45, 2.75) is 5.41 Å². The zero-order valence-electron chi connectivity index (χ0n) is 33.6. The first kappa shape index (κ1) is 36.1. The number of nitrogens with zero attached hydrogens (tertiary/aromatic N) is 3. The summed E-state index contributed by atoms with van der Waals surface area (Å²) in [6.07, 6.45) is 0. The summed E-state index contributed by atoms with van der Waals surface area (Å²) in [4.78, 5) is 15.7. The molecule has 0 saturated heterocycles. The molecule has 290 valence electrons. The van der Waals surface area contributed by atoms with Crippen molar-refractivity contribution < 1.29 is 0 Å². The fourth-order valence-electron chi connectivity index (χ4n) is 9.61. The van der Waals surface area contributed by atoms with E-state index >= 15 is 0 Å². The Hall–Kier alpha value is -7.79. The smallest absolute Gasteiger partial charge is 0.164 e. The van der Waals surface area contributed by atoms with Crippen molar-refractivity contribution in [2.24, 2.45) is 0 Å². The van der Waals surface area contributed by atoms with Gasteiger partial charge in [-0.25, -0.2) is 15.0 Å². The van der Waals surface area contributed by atoms with Gasteiger partial charge in [-0.3, -0.25) is 0 Å². The monoisotopic (exact) mass is 807 g/mol. The van der Waals surface area contributed by atoms with Crippen LogP contribution < -0.4 is 0 Å². The van der Waals surface area contributed by atoms with Gasteiger partial charge in [0.05, 0.1) is 5.41 Å². The van der Waals surface area contributed by atoms with Gasteiger partial charge in [0.25, 0.3) is 0 Å². The van der Waals surface area contributed by atoms with Crippen LogP contribution in [0.1, 0.15) is 22.3 Å². The van der Waals surface area contributed by atoms with Gasteiger partial charge >= 0.3 is 0 Å². The zero-order chi connectivity index (χ0) is 41.0. The first-order chi connectivity index (χ1) is 30.7. The standard InChI is InChI=1S/C58H37N3S/c1-4-17-38(18-5-1)55-59-56(42-22-15-20-40(36-42)39-19-14-21-41(35-39)46-29-16-30-50-49-28-11-13-32-53(49)62-54(46)50)61-57(60-55)43-33-34-48-47-27-10-12-31-51(47)58(52(48)37-43,44-23-6-2-7-24-44)45-25-8-3-9-26-45/h1-37H. The highest BCUT2D eigenvalue weighted by molar-refractivity contribution is 7.26. The van der Waals surface area contributed by atoms with E-state index in [0.717, 1.165) is 27.8 Å². The Morgan fingerprint density at radius 3 is 1.52 bits per heavy atom. The van der Waals surface area contributed by atoms with Crippen LogP contribution in [-0.2, 0) is 5.41 Å². The number of hydrogen-bond acceptors (Lipinski definition) is 4. The molecular weight excluding hydrogens is 771 g/mol. The molecular formula is C58H37N3S. The maximum Gasteiger partial charge on any atom is 0.164 e. The van der Waals surface area contributed by atoms with Crippen molar-refractivity contribution in [1.29, 1.82) is 0 Å². The lowest BCUT2D eigenvalue weighted by Crippen LogP contribution is -2.28. The summed E-state index contributed by atoms with van der Waals surface area (Å²) in [5.41, 5.74) is 14.3. The van der Waals surface area contributed by atoms with E-state index in [1.165, 1.54) is 64.7 Å². The minimum atomic E-state index is -0.534. The van der Waals surface area contributed by atoms with Gasteiger partial charge in [0, 0.05) is 36.9 Å². The van der Waals surface area contributed by atoms with Crippen LogP contribution in [0.2, 0.25) is 0 Å². The Kier molecular flexibility index (Phi) is 8.58. The number of rotatable bonds is 7. The molecule has 3 nitrogen and oxygen atoms in total. The van der Waals surface area contributed by atoms with Crippen LogP contribution >= 0.6 is 11.3 Å². The molecule has 12 rings (SSSR count). The topological polar surface area (TPSA) is 38.7 Å². The van der Waals surface area contributed by atoms with Crippen LogP contribution in [0.15, 0.2) is 224 Å². The predicted molar refractivity (Wildman–Crippen MR) is 257 cm³/mol. The lowest BCUT2D eigenvalue weighted by Gasteiger charge is -2.34. The van der Waals surface area contributed by atoms with Gasteiger partial charge in [0.15, 0.2) is 17.5 Å². The van der Waals surface area contributed by atoms with Crippen LogP contribution in [0.3, 0.4) is 0 Å². The Bertz CT molecular complexity index is 3430. The lowest BCUT2D eigenvalue weighted by atomic mass is 9.67. The van der Waals surface area contributed by atoms with E-state index in [2.05, 4.69) is 206 Å². The summed E-state index contributed by atoms with van der Waals surface area (Å²) < 4.78 is 2.62. The van der Waals surface area contributed by atoms with Gasteiger partial charge in [0.2, 0.25) is 0 Å². The second-order valence-corrected chi connectivity index (χ2v) is 17.0. The third-order valence-electron chi connectivity index (χ3n) is 12.4. The molecule has 0 unspecified atom stereocenters. The zero-order valence-corrected chi connectivity index (χ0v) is 34.4. The third kappa shape index (κ3) is 5.83. The molecule has 0 fully saturated rings. The first-order valence-corrected chi connectivity index (χ1v) is 21.8. The average molecular weight is 808 g/mol. The Labute approximate surface area is 364 Å². The molecule has 11 aromatic rings. The highest BCUT2D eigenvalue weighted by Crippen LogP contribution is 2.56. The molecule has 1 aliphatic rings. The molecule has 2 aromatic heterocycles. The van der Waals surface area contributed by atoms with E-state index in [4.69, 9.17) is 15.0 Å². The fraction of sp³-hybridized carbons (Fsp3) is 0.0172. The van der Waals surface area contributed by atoms with Crippen LogP contribution in [0, 0.1) is 0 Å². The van der Waals surface area contributed by atoms with Crippen molar-refractivity contribution in [1.82, 2.24) is 15.0 Å². The maximum atomic E-state index is 5.30. The average Bonchev–Trinajstić information content (AvgIpc) is 3.89. The summed E-state index contributed by atoms with van der Waals surface area (Å²) in [5, 5.41) is 2.61. The molecule has 1 aliphatic carbocycles. The summed E-state index contributed by atoms with van der Waals surface area (Å²) >= 11 is 1.86. The van der Waals surface area contributed by atoms with Gasteiger partial charge < -0.3 is 0 Å². The number of hydrogen-bond donors (Lipinski definition) is 0. The first-order valence-electron chi connectivity index (χ1n) is 21.0. The fourth-order valence-corrected chi connectivity index (χ4v) is 10.9. The molecule has 4 heteroatoms. The number of aromatic nitrogens is 3. The SMILES string of the molecule is c1ccc(-c2nc(-c3cccc(-c4cccc(-c5cccc6c5sc5ccccc56)c4)c3)nc(-c3ccc4c(c3)C(c3ccccc3)(c3ccccc3)c3ccccc3-4)n2)cc1. The quantitative estimate of drug-likeness (QED) is 0.161. The summed E-state index contributed by atoms with van der Waals surface area (Å²) in [5.74, 6) is 1.89. The van der Waals surface area contributed by atoms with E-state index in [-0.39, 0.29) is 0 Å². The minimum Gasteiger partial charge on any atom is -0.208 e. The van der Waals surface area contributed by atoms with E-state index in [1.807, 2.05) is 29.5 Å². The van der Waals surface area contributed by atoms with Crippen LogP contribution in [0.25, 0.3) is 87.7 Å². The predicted octanol–water partition coefficient (Wildman–Crippen LogP) is 14.9. The molecule has 9 aromatic carbocycles. The molecule has 0 saturated carbocycles. The van der Waals surface area contributed by atoms with Gasteiger partial charge in [-0.2, -0.15) is 0 Å². The van der Waals surface area contributed by atoms with Crippen molar-refractivity contribution in [3.63, 3.8) is 0 Å². The lowest BCUT2D eigenvalue weighted by molar-refractivity contribution is 0.768. The molecule has 2 heterocycles. The third-order valence-corrected chi connectivity index (χ3v) is 13.6. The molecule has 0 aliphatic heterocycles.